The first-order chi connectivity index (χ1) is 7.78. The maximum atomic E-state index is 5.18. The molecular weight excluding hydrogens is 200 g/mol. The summed E-state index contributed by atoms with van der Waals surface area (Å²) in [6.07, 6.45) is 1.38. The van der Waals surface area contributed by atoms with E-state index in [0.717, 1.165) is 17.8 Å². The molecule has 3 nitrogen and oxygen atoms in total. The van der Waals surface area contributed by atoms with Crippen LogP contribution in [-0.2, 0) is 0 Å². The fourth-order valence-corrected chi connectivity index (χ4v) is 2.80. The highest BCUT2D eigenvalue weighted by atomic mass is 16.5. The van der Waals surface area contributed by atoms with Crippen LogP contribution in [-0.4, -0.2) is 44.2 Å². The number of piperidine rings is 1. The molecule has 1 aromatic rings. The Kier molecular flexibility index (Phi) is 2.28. The van der Waals surface area contributed by atoms with Crippen LogP contribution >= 0.6 is 0 Å². The van der Waals surface area contributed by atoms with Gasteiger partial charge in [-0.15, -0.1) is 0 Å². The number of anilines is 1. The number of methoxy groups -OCH3 is 1. The lowest BCUT2D eigenvalue weighted by Gasteiger charge is -2.55. The summed E-state index contributed by atoms with van der Waals surface area (Å²) in [6, 6.07) is 9.92. The molecule has 2 bridgehead atoms. The number of hydrogen-bond acceptors (Lipinski definition) is 3. The van der Waals surface area contributed by atoms with Crippen molar-refractivity contribution >= 4 is 5.69 Å². The quantitative estimate of drug-likeness (QED) is 0.749. The zero-order valence-electron chi connectivity index (χ0n) is 9.89. The summed E-state index contributed by atoms with van der Waals surface area (Å²) in [5.74, 6) is 0.933. The van der Waals surface area contributed by atoms with Crippen LogP contribution in [0.3, 0.4) is 0 Å². The van der Waals surface area contributed by atoms with E-state index in [1.165, 1.54) is 25.2 Å². The SMILES string of the molecule is COc1ccc(N2CC3CC(C2)N3C)cc1. The molecule has 3 saturated heterocycles. The van der Waals surface area contributed by atoms with Crippen molar-refractivity contribution in [3.8, 4) is 5.75 Å². The number of likely N-dealkylation sites (N-methyl/N-ethyl adjacent to an activating group) is 1. The van der Waals surface area contributed by atoms with E-state index in [4.69, 9.17) is 4.74 Å². The van der Waals surface area contributed by atoms with Gasteiger partial charge in [0.25, 0.3) is 0 Å². The molecule has 3 fully saturated rings. The fourth-order valence-electron chi connectivity index (χ4n) is 2.80. The molecule has 16 heavy (non-hydrogen) atoms. The van der Waals surface area contributed by atoms with Gasteiger partial charge in [0.05, 0.1) is 7.11 Å². The predicted octanol–water partition coefficient (Wildman–Crippen LogP) is 1.59. The van der Waals surface area contributed by atoms with Gasteiger partial charge < -0.3 is 9.64 Å². The second-order valence-corrected chi connectivity index (χ2v) is 4.81. The summed E-state index contributed by atoms with van der Waals surface area (Å²) < 4.78 is 5.18. The Hall–Kier alpha value is -1.22. The molecule has 3 aliphatic heterocycles. The number of rotatable bonds is 2. The summed E-state index contributed by atoms with van der Waals surface area (Å²) in [7, 11) is 3.95. The van der Waals surface area contributed by atoms with E-state index >= 15 is 0 Å². The third kappa shape index (κ3) is 1.47. The van der Waals surface area contributed by atoms with Crippen molar-refractivity contribution in [2.45, 2.75) is 18.5 Å². The highest BCUT2D eigenvalue weighted by Gasteiger charge is 2.41. The Labute approximate surface area is 96.6 Å². The highest BCUT2D eigenvalue weighted by molar-refractivity contribution is 5.50. The minimum Gasteiger partial charge on any atom is -0.497 e. The van der Waals surface area contributed by atoms with Crippen LogP contribution in [0.1, 0.15) is 6.42 Å². The van der Waals surface area contributed by atoms with Crippen molar-refractivity contribution in [1.82, 2.24) is 4.90 Å². The minimum atomic E-state index is 0.765. The van der Waals surface area contributed by atoms with Crippen LogP contribution in [0.2, 0.25) is 0 Å². The van der Waals surface area contributed by atoms with Gasteiger partial charge in [-0.25, -0.2) is 0 Å². The average molecular weight is 218 g/mol. The zero-order valence-corrected chi connectivity index (χ0v) is 9.89. The Morgan fingerprint density at radius 2 is 1.75 bits per heavy atom. The van der Waals surface area contributed by atoms with E-state index in [9.17, 15) is 0 Å². The molecule has 86 valence electrons. The van der Waals surface area contributed by atoms with E-state index in [-0.39, 0.29) is 0 Å². The Balaban J connectivity index is 1.73. The van der Waals surface area contributed by atoms with Crippen LogP contribution in [0.15, 0.2) is 24.3 Å². The molecule has 2 atom stereocenters. The molecule has 2 unspecified atom stereocenters. The van der Waals surface area contributed by atoms with E-state index in [0.29, 0.717) is 0 Å². The first-order valence-electron chi connectivity index (χ1n) is 5.89. The topological polar surface area (TPSA) is 15.7 Å². The van der Waals surface area contributed by atoms with Crippen molar-refractivity contribution in [2.75, 3.05) is 32.1 Å². The summed E-state index contributed by atoms with van der Waals surface area (Å²) in [6.45, 7) is 2.33. The van der Waals surface area contributed by atoms with E-state index in [1.54, 1.807) is 7.11 Å². The molecule has 0 N–H and O–H groups in total. The average Bonchev–Trinajstić information content (AvgIpc) is 2.38. The van der Waals surface area contributed by atoms with Crippen molar-refractivity contribution in [3.05, 3.63) is 24.3 Å². The molecule has 3 aliphatic rings. The molecule has 0 radical (unpaired) electrons. The normalized spacial score (nSPS) is 28.8. The number of ether oxygens (including phenoxy) is 1. The monoisotopic (exact) mass is 218 g/mol. The largest absolute Gasteiger partial charge is 0.497 e. The van der Waals surface area contributed by atoms with Gasteiger partial charge in [-0.2, -0.15) is 0 Å². The molecule has 0 spiro atoms. The molecule has 0 aliphatic carbocycles. The van der Waals surface area contributed by atoms with Crippen LogP contribution in [0.5, 0.6) is 5.75 Å². The number of hydrogen-bond donors (Lipinski definition) is 0. The van der Waals surface area contributed by atoms with Gasteiger partial charge in [-0.1, -0.05) is 0 Å². The predicted molar refractivity (Wildman–Crippen MR) is 65.2 cm³/mol. The Bertz CT molecular complexity index is 364. The van der Waals surface area contributed by atoms with Crippen molar-refractivity contribution in [3.63, 3.8) is 0 Å². The van der Waals surface area contributed by atoms with Gasteiger partial charge in [0, 0.05) is 30.9 Å². The molecule has 4 rings (SSSR count). The Morgan fingerprint density at radius 1 is 1.12 bits per heavy atom. The van der Waals surface area contributed by atoms with Gasteiger partial charge in [-0.3, -0.25) is 4.90 Å². The second kappa shape index (κ2) is 3.67. The summed E-state index contributed by atoms with van der Waals surface area (Å²) in [4.78, 5) is 4.98. The van der Waals surface area contributed by atoms with Gasteiger partial charge in [0.15, 0.2) is 0 Å². The standard InChI is InChI=1S/C13H18N2O/c1-14-11-7-12(14)9-15(8-11)10-3-5-13(16-2)6-4-10/h3-6,11-12H,7-9H2,1-2H3. The van der Waals surface area contributed by atoms with Crippen molar-refractivity contribution in [2.24, 2.45) is 0 Å². The first kappa shape index (κ1) is 9.97. The zero-order chi connectivity index (χ0) is 11.1. The van der Waals surface area contributed by atoms with E-state index < -0.39 is 0 Å². The van der Waals surface area contributed by atoms with Gasteiger partial charge in [-0.05, 0) is 37.7 Å². The van der Waals surface area contributed by atoms with E-state index in [1.807, 2.05) is 12.1 Å². The molecule has 0 amide bonds. The van der Waals surface area contributed by atoms with Crippen LogP contribution in [0.4, 0.5) is 5.69 Å². The molecule has 3 heterocycles. The maximum absolute atomic E-state index is 5.18. The molecule has 0 aromatic heterocycles. The maximum Gasteiger partial charge on any atom is 0.119 e. The third-order valence-electron chi connectivity index (χ3n) is 4.00. The van der Waals surface area contributed by atoms with Gasteiger partial charge in [0.2, 0.25) is 0 Å². The lowest BCUT2D eigenvalue weighted by molar-refractivity contribution is 0.0264. The highest BCUT2D eigenvalue weighted by Crippen LogP contribution is 2.33. The summed E-state index contributed by atoms with van der Waals surface area (Å²) in [5, 5.41) is 0. The minimum absolute atomic E-state index is 0.765. The molecule has 3 heteroatoms. The number of benzene rings is 1. The summed E-state index contributed by atoms with van der Waals surface area (Å²) in [5.41, 5.74) is 1.32. The number of nitrogens with zero attached hydrogens (tertiary/aromatic N) is 2. The van der Waals surface area contributed by atoms with Gasteiger partial charge in [0.1, 0.15) is 5.75 Å². The number of fused-ring (bicyclic) bond motifs is 2. The lowest BCUT2D eigenvalue weighted by atomic mass is 9.88. The molecule has 0 saturated carbocycles. The first-order valence-corrected chi connectivity index (χ1v) is 5.89. The van der Waals surface area contributed by atoms with Crippen LogP contribution in [0.25, 0.3) is 0 Å². The summed E-state index contributed by atoms with van der Waals surface area (Å²) >= 11 is 0. The lowest BCUT2D eigenvalue weighted by Crippen LogP contribution is -2.67. The fraction of sp³-hybridized carbons (Fsp3) is 0.538. The molecule has 1 aromatic carbocycles. The second-order valence-electron chi connectivity index (χ2n) is 4.81. The Morgan fingerprint density at radius 3 is 2.25 bits per heavy atom. The van der Waals surface area contributed by atoms with Crippen LogP contribution < -0.4 is 9.64 Å². The molecular formula is C13H18N2O. The number of piperazine rings is 1. The van der Waals surface area contributed by atoms with Crippen molar-refractivity contribution in [1.29, 1.82) is 0 Å². The smallest absolute Gasteiger partial charge is 0.119 e. The third-order valence-corrected chi connectivity index (χ3v) is 4.00. The van der Waals surface area contributed by atoms with E-state index in [2.05, 4.69) is 29.0 Å². The van der Waals surface area contributed by atoms with Crippen molar-refractivity contribution < 1.29 is 4.74 Å². The van der Waals surface area contributed by atoms with Gasteiger partial charge >= 0.3 is 0 Å². The van der Waals surface area contributed by atoms with Crippen LogP contribution in [0, 0.1) is 0 Å².